The van der Waals surface area contributed by atoms with Crippen molar-refractivity contribution in [1.82, 2.24) is 0 Å². The molecule has 0 saturated carbocycles. The van der Waals surface area contributed by atoms with Crippen molar-refractivity contribution < 1.29 is 4.79 Å². The lowest BCUT2D eigenvalue weighted by molar-refractivity contribution is -0.119. The lowest BCUT2D eigenvalue weighted by atomic mass is 9.96. The molecule has 18 heavy (non-hydrogen) atoms. The zero-order valence-corrected chi connectivity index (χ0v) is 10.9. The maximum absolute atomic E-state index is 12.3. The molecule has 1 atom stereocenters. The second kappa shape index (κ2) is 4.14. The highest BCUT2D eigenvalue weighted by Gasteiger charge is 2.36. The third kappa shape index (κ3) is 1.61. The monoisotopic (exact) mass is 258 g/mol. The molecule has 0 spiro atoms. The van der Waals surface area contributed by atoms with Crippen LogP contribution in [0, 0.1) is 0 Å². The van der Waals surface area contributed by atoms with Gasteiger partial charge in [-0.2, -0.15) is 0 Å². The van der Waals surface area contributed by atoms with E-state index in [-0.39, 0.29) is 11.8 Å². The van der Waals surface area contributed by atoms with E-state index >= 15 is 0 Å². The van der Waals surface area contributed by atoms with Crippen molar-refractivity contribution in [3.8, 4) is 0 Å². The second-order valence-electron chi connectivity index (χ2n) is 4.52. The Balaban J connectivity index is 2.02. The summed E-state index contributed by atoms with van der Waals surface area (Å²) in [6.07, 6.45) is 0.761. The molecule has 0 fully saturated rings. The van der Waals surface area contributed by atoms with Gasteiger partial charge in [0.1, 0.15) is 0 Å². The molecule has 92 valence electrons. The lowest BCUT2D eigenvalue weighted by Crippen LogP contribution is -2.25. The van der Waals surface area contributed by atoms with E-state index in [4.69, 9.17) is 5.73 Å². The van der Waals surface area contributed by atoms with Gasteiger partial charge in [-0.25, -0.2) is 0 Å². The number of carbonyl (C=O) groups is 1. The number of hydrogen-bond acceptors (Lipinski definition) is 3. The molecular weight excluding hydrogens is 244 g/mol. The summed E-state index contributed by atoms with van der Waals surface area (Å²) in [4.78, 5) is 15.2. The van der Waals surface area contributed by atoms with Crippen molar-refractivity contribution >= 4 is 28.6 Å². The summed E-state index contributed by atoms with van der Waals surface area (Å²) in [6, 6.07) is 9.86. The van der Waals surface area contributed by atoms with Crippen LogP contribution in [0.2, 0.25) is 0 Å². The Morgan fingerprint density at radius 2 is 2.17 bits per heavy atom. The van der Waals surface area contributed by atoms with Gasteiger partial charge in [0.25, 0.3) is 0 Å². The Kier molecular flexibility index (Phi) is 2.59. The van der Waals surface area contributed by atoms with Crippen LogP contribution < -0.4 is 10.6 Å². The molecule has 0 bridgehead atoms. The van der Waals surface area contributed by atoms with Gasteiger partial charge in [0, 0.05) is 11.9 Å². The normalized spacial score (nSPS) is 18.2. The lowest BCUT2D eigenvalue weighted by Gasteiger charge is -2.12. The first-order valence-corrected chi connectivity index (χ1v) is 6.75. The number of hydrogen-bond donors (Lipinski definition) is 1. The molecule has 0 saturated heterocycles. The molecule has 0 aliphatic carbocycles. The second-order valence-corrected chi connectivity index (χ2v) is 5.55. The molecule has 0 radical (unpaired) electrons. The predicted molar refractivity (Wildman–Crippen MR) is 75.0 cm³/mol. The van der Waals surface area contributed by atoms with E-state index in [1.165, 1.54) is 4.88 Å². The quantitative estimate of drug-likeness (QED) is 0.842. The molecule has 1 aromatic heterocycles. The highest BCUT2D eigenvalue weighted by Crippen LogP contribution is 2.42. The summed E-state index contributed by atoms with van der Waals surface area (Å²) < 4.78 is 0. The van der Waals surface area contributed by atoms with E-state index in [2.05, 4.69) is 6.07 Å². The SMILES string of the molecule is CN1C(=O)C(Cc2cccs2)c2cccc(N)c21. The minimum atomic E-state index is -0.0906. The maximum Gasteiger partial charge on any atom is 0.234 e. The van der Waals surface area contributed by atoms with E-state index in [0.29, 0.717) is 5.69 Å². The Hall–Kier alpha value is -1.81. The summed E-state index contributed by atoms with van der Waals surface area (Å²) >= 11 is 1.69. The standard InChI is InChI=1S/C14H14N2OS/c1-16-13-10(5-2-6-12(13)15)11(14(16)17)8-9-4-3-7-18-9/h2-7,11H,8,15H2,1H3. The Bertz CT molecular complexity index is 592. The number of para-hydroxylation sites is 1. The van der Waals surface area contributed by atoms with E-state index < -0.39 is 0 Å². The highest BCUT2D eigenvalue weighted by atomic mass is 32.1. The fraction of sp³-hybridized carbons (Fsp3) is 0.214. The van der Waals surface area contributed by atoms with Crippen LogP contribution >= 0.6 is 11.3 Å². The average Bonchev–Trinajstić information content (AvgIpc) is 2.94. The molecule has 4 heteroatoms. The smallest absolute Gasteiger partial charge is 0.234 e. The Morgan fingerprint density at radius 1 is 1.33 bits per heavy atom. The first kappa shape index (κ1) is 11.3. The largest absolute Gasteiger partial charge is 0.397 e. The Morgan fingerprint density at radius 3 is 2.89 bits per heavy atom. The van der Waals surface area contributed by atoms with Crippen LogP contribution in [0.25, 0.3) is 0 Å². The Labute approximate surface area is 110 Å². The van der Waals surface area contributed by atoms with Crippen LogP contribution in [0.5, 0.6) is 0 Å². The summed E-state index contributed by atoms with van der Waals surface area (Å²) in [5.41, 5.74) is 8.58. The van der Waals surface area contributed by atoms with Crippen molar-refractivity contribution in [3.63, 3.8) is 0 Å². The van der Waals surface area contributed by atoms with Crippen molar-refractivity contribution in [3.05, 3.63) is 46.2 Å². The molecule has 1 aromatic carbocycles. The summed E-state index contributed by atoms with van der Waals surface area (Å²) in [5, 5.41) is 2.04. The van der Waals surface area contributed by atoms with Crippen LogP contribution in [0.1, 0.15) is 16.4 Å². The number of nitrogen functional groups attached to an aromatic ring is 1. The summed E-state index contributed by atoms with van der Waals surface area (Å²) in [5.74, 6) is 0.0449. The number of rotatable bonds is 2. The zero-order chi connectivity index (χ0) is 12.7. The third-order valence-electron chi connectivity index (χ3n) is 3.42. The molecule has 2 heterocycles. The molecule has 1 aliphatic rings. The fourth-order valence-electron chi connectivity index (χ4n) is 2.55. The number of thiophene rings is 1. The first-order chi connectivity index (χ1) is 8.68. The molecule has 3 nitrogen and oxygen atoms in total. The number of likely N-dealkylation sites (N-methyl/N-ethyl adjacent to an activating group) is 1. The van der Waals surface area contributed by atoms with Gasteiger partial charge in [-0.3, -0.25) is 4.79 Å². The van der Waals surface area contributed by atoms with Crippen molar-refractivity contribution in [2.45, 2.75) is 12.3 Å². The van der Waals surface area contributed by atoms with Gasteiger partial charge >= 0.3 is 0 Å². The number of nitrogens with zero attached hydrogens (tertiary/aromatic N) is 1. The molecule has 3 rings (SSSR count). The number of amides is 1. The van der Waals surface area contributed by atoms with E-state index in [9.17, 15) is 4.79 Å². The molecule has 1 unspecified atom stereocenters. The zero-order valence-electron chi connectivity index (χ0n) is 10.1. The van der Waals surface area contributed by atoms with Crippen LogP contribution in [0.15, 0.2) is 35.7 Å². The minimum Gasteiger partial charge on any atom is -0.397 e. The molecule has 1 aliphatic heterocycles. The van der Waals surface area contributed by atoms with E-state index in [1.54, 1.807) is 23.3 Å². The van der Waals surface area contributed by atoms with Gasteiger partial charge in [0.15, 0.2) is 0 Å². The average molecular weight is 258 g/mol. The summed E-state index contributed by atoms with van der Waals surface area (Å²) in [6.45, 7) is 0. The van der Waals surface area contributed by atoms with Crippen LogP contribution in [0.4, 0.5) is 11.4 Å². The first-order valence-electron chi connectivity index (χ1n) is 5.87. The maximum atomic E-state index is 12.3. The van der Waals surface area contributed by atoms with E-state index in [0.717, 1.165) is 17.7 Å². The van der Waals surface area contributed by atoms with Crippen LogP contribution in [-0.4, -0.2) is 13.0 Å². The molecule has 2 N–H and O–H groups in total. The number of nitrogens with two attached hydrogens (primary N) is 1. The molecule has 1 amide bonds. The number of anilines is 2. The van der Waals surface area contributed by atoms with Crippen molar-refractivity contribution in [1.29, 1.82) is 0 Å². The van der Waals surface area contributed by atoms with Gasteiger partial charge < -0.3 is 10.6 Å². The van der Waals surface area contributed by atoms with Gasteiger partial charge in [-0.15, -0.1) is 11.3 Å². The van der Waals surface area contributed by atoms with E-state index in [1.807, 2.05) is 29.6 Å². The molecule has 2 aromatic rings. The summed E-state index contributed by atoms with van der Waals surface area (Å²) in [7, 11) is 1.80. The van der Waals surface area contributed by atoms with Gasteiger partial charge in [0.2, 0.25) is 5.91 Å². The number of benzene rings is 1. The van der Waals surface area contributed by atoms with Gasteiger partial charge in [-0.1, -0.05) is 18.2 Å². The highest BCUT2D eigenvalue weighted by molar-refractivity contribution is 7.09. The predicted octanol–water partition coefficient (Wildman–Crippen LogP) is 2.63. The fourth-order valence-corrected chi connectivity index (χ4v) is 3.30. The topological polar surface area (TPSA) is 46.3 Å². The van der Waals surface area contributed by atoms with Crippen molar-refractivity contribution in [2.75, 3.05) is 17.7 Å². The third-order valence-corrected chi connectivity index (χ3v) is 4.32. The number of fused-ring (bicyclic) bond motifs is 1. The van der Waals surface area contributed by atoms with Crippen LogP contribution in [0.3, 0.4) is 0 Å². The van der Waals surface area contributed by atoms with Gasteiger partial charge in [-0.05, 0) is 29.5 Å². The molecular formula is C14H14N2OS. The van der Waals surface area contributed by atoms with Gasteiger partial charge in [0.05, 0.1) is 17.3 Å². The van der Waals surface area contributed by atoms with Crippen LogP contribution in [-0.2, 0) is 11.2 Å². The minimum absolute atomic E-state index is 0.0906. The van der Waals surface area contributed by atoms with Crippen molar-refractivity contribution in [2.24, 2.45) is 0 Å². The number of carbonyl (C=O) groups excluding carboxylic acids is 1.